The zero-order chi connectivity index (χ0) is 19.4. The molecule has 3 rings (SSSR count). The maximum atomic E-state index is 12.0. The van der Waals surface area contributed by atoms with Gasteiger partial charge in [0.15, 0.2) is 0 Å². The van der Waals surface area contributed by atoms with E-state index in [1.165, 1.54) is 6.20 Å². The van der Waals surface area contributed by atoms with Crippen LogP contribution in [0.4, 0.5) is 17.9 Å². The summed E-state index contributed by atoms with van der Waals surface area (Å²) in [7, 11) is 4.01. The molecule has 2 aromatic heterocycles. The van der Waals surface area contributed by atoms with Crippen LogP contribution in [-0.2, 0) is 0 Å². The van der Waals surface area contributed by atoms with Gasteiger partial charge < -0.3 is 20.0 Å². The Morgan fingerprint density at radius 1 is 1.26 bits per heavy atom. The molecule has 1 saturated carbocycles. The van der Waals surface area contributed by atoms with E-state index in [2.05, 4.69) is 40.8 Å². The lowest BCUT2D eigenvalue weighted by atomic mass is 10.3. The maximum Gasteiger partial charge on any atom is 0.302 e. The van der Waals surface area contributed by atoms with Crippen LogP contribution < -0.4 is 16.0 Å². The fourth-order valence-corrected chi connectivity index (χ4v) is 2.31. The quantitative estimate of drug-likeness (QED) is 0.600. The molecule has 0 radical (unpaired) electrons. The molecule has 0 unspecified atom stereocenters. The summed E-state index contributed by atoms with van der Waals surface area (Å²) in [4.78, 5) is 31.4. The molecule has 2 heterocycles. The van der Waals surface area contributed by atoms with Crippen molar-refractivity contribution in [2.24, 2.45) is 0 Å². The van der Waals surface area contributed by atoms with Gasteiger partial charge >= 0.3 is 6.01 Å². The summed E-state index contributed by atoms with van der Waals surface area (Å²) in [6, 6.07) is 0.176. The van der Waals surface area contributed by atoms with Crippen LogP contribution in [0.1, 0.15) is 49.0 Å². The van der Waals surface area contributed by atoms with Crippen LogP contribution in [0.5, 0.6) is 0 Å². The van der Waals surface area contributed by atoms with Crippen LogP contribution in [0.3, 0.4) is 0 Å². The second-order valence-electron chi connectivity index (χ2n) is 7.13. The third kappa shape index (κ3) is 5.61. The van der Waals surface area contributed by atoms with Crippen molar-refractivity contribution in [1.82, 2.24) is 30.2 Å². The van der Waals surface area contributed by atoms with E-state index in [1.807, 2.05) is 27.9 Å². The molecule has 1 amide bonds. The fourth-order valence-electron chi connectivity index (χ4n) is 2.31. The molecule has 1 aliphatic carbocycles. The van der Waals surface area contributed by atoms with Gasteiger partial charge in [-0.25, -0.2) is 4.98 Å². The fraction of sp³-hybridized carbons (Fsp3) is 0.588. The summed E-state index contributed by atoms with van der Waals surface area (Å²) >= 11 is 0. The lowest BCUT2D eigenvalue weighted by Crippen LogP contribution is -2.29. The number of nitrogens with zero attached hydrogens (tertiary/aromatic N) is 5. The summed E-state index contributed by atoms with van der Waals surface area (Å²) < 4.78 is 5.46. The number of likely N-dealkylation sites (N-methyl/N-ethyl adjacent to an activating group) is 1. The maximum absolute atomic E-state index is 12.0. The molecule has 0 aliphatic heterocycles. The number of carbonyl (C=O) groups excluding carboxylic acids is 1. The number of carbonyl (C=O) groups is 1. The van der Waals surface area contributed by atoms with E-state index in [-0.39, 0.29) is 23.7 Å². The molecular formula is C17H26N8O2. The lowest BCUT2D eigenvalue weighted by molar-refractivity contribution is 0.0916. The van der Waals surface area contributed by atoms with Crippen LogP contribution in [0.2, 0.25) is 0 Å². The third-order valence-electron chi connectivity index (χ3n) is 3.81. The first-order chi connectivity index (χ1) is 12.9. The molecule has 146 valence electrons. The molecule has 10 nitrogen and oxygen atoms in total. The molecule has 27 heavy (non-hydrogen) atoms. The molecule has 2 aromatic rings. The van der Waals surface area contributed by atoms with Crippen LogP contribution in [-0.4, -0.2) is 64.0 Å². The Balaban J connectivity index is 1.71. The molecule has 0 bridgehead atoms. The third-order valence-corrected chi connectivity index (χ3v) is 3.81. The van der Waals surface area contributed by atoms with Crippen LogP contribution in [0.15, 0.2) is 10.6 Å². The van der Waals surface area contributed by atoms with Crippen molar-refractivity contribution in [3.05, 3.63) is 17.8 Å². The number of rotatable bonds is 9. The van der Waals surface area contributed by atoms with Gasteiger partial charge in [-0.05, 0) is 40.8 Å². The van der Waals surface area contributed by atoms with Crippen LogP contribution in [0.25, 0.3) is 0 Å². The zero-order valence-electron chi connectivity index (χ0n) is 16.1. The Kier molecular flexibility index (Phi) is 5.84. The molecule has 0 aromatic carbocycles. The number of hydrogen-bond acceptors (Lipinski definition) is 9. The van der Waals surface area contributed by atoms with E-state index in [1.54, 1.807) is 0 Å². The van der Waals surface area contributed by atoms with Gasteiger partial charge in [-0.3, -0.25) is 10.1 Å². The van der Waals surface area contributed by atoms with E-state index < -0.39 is 0 Å². The van der Waals surface area contributed by atoms with E-state index in [0.29, 0.717) is 17.8 Å². The minimum Gasteiger partial charge on any atom is -0.418 e. The highest BCUT2D eigenvalue weighted by Crippen LogP contribution is 2.38. The smallest absolute Gasteiger partial charge is 0.302 e. The van der Waals surface area contributed by atoms with E-state index in [9.17, 15) is 4.79 Å². The van der Waals surface area contributed by atoms with Gasteiger partial charge in [-0.15, -0.1) is 0 Å². The van der Waals surface area contributed by atoms with Gasteiger partial charge in [-0.1, -0.05) is 0 Å². The van der Waals surface area contributed by atoms with Crippen LogP contribution in [0, 0.1) is 0 Å². The standard InChI is InChI=1S/C17H26N8O2/c1-10(2)20-14(26)12-9-19-17(27-12)24-16-22-13(11-5-6-11)21-15(23-16)18-7-8-25(3)4/h9-11H,5-8H2,1-4H3,(H,20,26)(H2,18,19,21,22,23,24). The number of aromatic nitrogens is 4. The molecule has 0 atom stereocenters. The summed E-state index contributed by atoms with van der Waals surface area (Å²) in [5.74, 6) is 1.81. The van der Waals surface area contributed by atoms with Crippen molar-refractivity contribution in [1.29, 1.82) is 0 Å². The Morgan fingerprint density at radius 2 is 2.00 bits per heavy atom. The molecular weight excluding hydrogens is 348 g/mol. The van der Waals surface area contributed by atoms with E-state index in [0.717, 1.165) is 31.8 Å². The summed E-state index contributed by atoms with van der Waals surface area (Å²) in [6.07, 6.45) is 3.54. The van der Waals surface area contributed by atoms with Crippen LogP contribution >= 0.6 is 0 Å². The molecule has 10 heteroatoms. The first-order valence-corrected chi connectivity index (χ1v) is 9.09. The number of amides is 1. The molecule has 3 N–H and O–H groups in total. The SMILES string of the molecule is CC(C)NC(=O)c1cnc(Nc2nc(NCCN(C)C)nc(C3CC3)n2)o1. The van der Waals surface area contributed by atoms with E-state index >= 15 is 0 Å². The first kappa shape index (κ1) is 19.0. The van der Waals surface area contributed by atoms with Crippen molar-refractivity contribution in [3.8, 4) is 0 Å². The number of nitrogens with one attached hydrogen (secondary N) is 3. The zero-order valence-corrected chi connectivity index (χ0v) is 16.1. The van der Waals surface area contributed by atoms with Crippen molar-refractivity contribution in [3.63, 3.8) is 0 Å². The van der Waals surface area contributed by atoms with Crippen molar-refractivity contribution >= 4 is 23.8 Å². The highest BCUT2D eigenvalue weighted by Gasteiger charge is 2.28. The minimum absolute atomic E-state index is 0.0134. The molecule has 0 spiro atoms. The molecule has 1 fully saturated rings. The number of hydrogen-bond donors (Lipinski definition) is 3. The normalized spacial score (nSPS) is 13.9. The van der Waals surface area contributed by atoms with Crippen molar-refractivity contribution < 1.29 is 9.21 Å². The Bertz CT molecular complexity index is 785. The number of oxazole rings is 1. The molecule has 1 aliphatic rings. The van der Waals surface area contributed by atoms with Gasteiger partial charge in [0.1, 0.15) is 5.82 Å². The second kappa shape index (κ2) is 8.30. The average Bonchev–Trinajstić information content (AvgIpc) is 3.33. The molecule has 0 saturated heterocycles. The Hall–Kier alpha value is -2.75. The van der Waals surface area contributed by atoms with Gasteiger partial charge in [-0.2, -0.15) is 15.0 Å². The first-order valence-electron chi connectivity index (χ1n) is 9.09. The van der Waals surface area contributed by atoms with Crippen molar-refractivity contribution in [2.75, 3.05) is 37.8 Å². The van der Waals surface area contributed by atoms with Crippen molar-refractivity contribution in [2.45, 2.75) is 38.6 Å². The van der Waals surface area contributed by atoms with Gasteiger partial charge in [0.05, 0.1) is 6.20 Å². The van der Waals surface area contributed by atoms with Gasteiger partial charge in [0.2, 0.25) is 17.7 Å². The minimum atomic E-state index is -0.314. The Morgan fingerprint density at radius 3 is 2.67 bits per heavy atom. The second-order valence-corrected chi connectivity index (χ2v) is 7.13. The monoisotopic (exact) mass is 374 g/mol. The lowest BCUT2D eigenvalue weighted by Gasteiger charge is -2.11. The largest absolute Gasteiger partial charge is 0.418 e. The summed E-state index contributed by atoms with van der Waals surface area (Å²) in [5.41, 5.74) is 0. The topological polar surface area (TPSA) is 121 Å². The predicted octanol–water partition coefficient (Wildman–Crippen LogP) is 1.59. The average molecular weight is 374 g/mol. The summed E-state index contributed by atoms with van der Waals surface area (Å²) in [6.45, 7) is 5.34. The van der Waals surface area contributed by atoms with Gasteiger partial charge in [0.25, 0.3) is 5.91 Å². The van der Waals surface area contributed by atoms with E-state index in [4.69, 9.17) is 4.42 Å². The summed E-state index contributed by atoms with van der Waals surface area (Å²) in [5, 5.41) is 8.89. The predicted molar refractivity (Wildman–Crippen MR) is 101 cm³/mol. The van der Waals surface area contributed by atoms with Gasteiger partial charge in [0, 0.05) is 25.0 Å². The number of anilines is 3. The highest BCUT2D eigenvalue weighted by molar-refractivity contribution is 5.91. The highest BCUT2D eigenvalue weighted by atomic mass is 16.4. The Labute approximate surface area is 158 Å².